The topological polar surface area (TPSA) is 129 Å². The zero-order chi connectivity index (χ0) is 25.5. The summed E-state index contributed by atoms with van der Waals surface area (Å²) in [5.41, 5.74) is 7.91. The van der Waals surface area contributed by atoms with E-state index in [0.717, 1.165) is 11.1 Å². The SMILES string of the molecule is COC(=O)[C@H](CCCCNC(=O)OCc1ccccc1)NC(=O)[C@@H](N)[C@@H](C)OCc1ccccc1. The Bertz CT molecular complexity index is 910. The van der Waals surface area contributed by atoms with Gasteiger partial charge in [0.25, 0.3) is 0 Å². The second-order valence-corrected chi connectivity index (χ2v) is 8.10. The van der Waals surface area contributed by atoms with E-state index in [-0.39, 0.29) is 6.61 Å². The number of nitrogens with two attached hydrogens (primary N) is 1. The van der Waals surface area contributed by atoms with Crippen molar-refractivity contribution in [3.05, 3.63) is 71.8 Å². The molecule has 2 amide bonds. The van der Waals surface area contributed by atoms with Gasteiger partial charge in [-0.3, -0.25) is 4.79 Å². The Kier molecular flexibility index (Phi) is 12.3. The summed E-state index contributed by atoms with van der Waals surface area (Å²) in [6, 6.07) is 17.1. The van der Waals surface area contributed by atoms with Crippen LogP contribution in [-0.4, -0.2) is 49.8 Å². The molecule has 0 unspecified atom stereocenters. The smallest absolute Gasteiger partial charge is 0.407 e. The van der Waals surface area contributed by atoms with E-state index in [1.165, 1.54) is 7.11 Å². The first kappa shape index (κ1) is 27.8. The number of carbonyl (C=O) groups is 3. The van der Waals surface area contributed by atoms with Crippen LogP contribution in [0.1, 0.15) is 37.3 Å². The third kappa shape index (κ3) is 10.6. The van der Waals surface area contributed by atoms with Gasteiger partial charge in [-0.2, -0.15) is 0 Å². The lowest BCUT2D eigenvalue weighted by atomic mass is 10.1. The van der Waals surface area contributed by atoms with Crippen molar-refractivity contribution in [1.29, 1.82) is 0 Å². The zero-order valence-corrected chi connectivity index (χ0v) is 20.3. The molecule has 190 valence electrons. The summed E-state index contributed by atoms with van der Waals surface area (Å²) in [4.78, 5) is 36.5. The van der Waals surface area contributed by atoms with Crippen LogP contribution in [0.2, 0.25) is 0 Å². The van der Waals surface area contributed by atoms with E-state index >= 15 is 0 Å². The fourth-order valence-electron chi connectivity index (χ4n) is 3.22. The minimum Gasteiger partial charge on any atom is -0.467 e. The lowest BCUT2D eigenvalue weighted by Gasteiger charge is -2.23. The number of rotatable bonds is 14. The highest BCUT2D eigenvalue weighted by atomic mass is 16.5. The first-order valence-electron chi connectivity index (χ1n) is 11.6. The summed E-state index contributed by atoms with van der Waals surface area (Å²) >= 11 is 0. The molecule has 2 rings (SSSR count). The van der Waals surface area contributed by atoms with E-state index in [9.17, 15) is 14.4 Å². The molecule has 4 N–H and O–H groups in total. The van der Waals surface area contributed by atoms with Crippen molar-refractivity contribution < 1.29 is 28.6 Å². The highest BCUT2D eigenvalue weighted by molar-refractivity contribution is 5.87. The second kappa shape index (κ2) is 15.5. The number of amides is 2. The number of methoxy groups -OCH3 is 1. The number of carbonyl (C=O) groups excluding carboxylic acids is 3. The summed E-state index contributed by atoms with van der Waals surface area (Å²) in [6.45, 7) is 2.60. The van der Waals surface area contributed by atoms with Crippen molar-refractivity contribution in [2.75, 3.05) is 13.7 Å². The number of hydrogen-bond donors (Lipinski definition) is 3. The van der Waals surface area contributed by atoms with Gasteiger partial charge in [-0.15, -0.1) is 0 Å². The molecule has 0 bridgehead atoms. The fourth-order valence-corrected chi connectivity index (χ4v) is 3.22. The van der Waals surface area contributed by atoms with Gasteiger partial charge in [0.05, 0.1) is 19.8 Å². The van der Waals surface area contributed by atoms with Gasteiger partial charge in [0.2, 0.25) is 5.91 Å². The number of nitrogens with one attached hydrogen (secondary N) is 2. The van der Waals surface area contributed by atoms with E-state index in [0.29, 0.717) is 32.4 Å². The van der Waals surface area contributed by atoms with Gasteiger partial charge in [0.1, 0.15) is 18.7 Å². The van der Waals surface area contributed by atoms with Crippen molar-refractivity contribution >= 4 is 18.0 Å². The molecule has 0 heterocycles. The van der Waals surface area contributed by atoms with Gasteiger partial charge in [-0.05, 0) is 37.3 Å². The summed E-state index contributed by atoms with van der Waals surface area (Å²) in [5.74, 6) is -1.05. The van der Waals surface area contributed by atoms with Gasteiger partial charge in [0.15, 0.2) is 0 Å². The maximum Gasteiger partial charge on any atom is 0.407 e. The molecule has 3 atom stereocenters. The van der Waals surface area contributed by atoms with E-state index in [1.807, 2.05) is 60.7 Å². The number of unbranched alkanes of at least 4 members (excludes halogenated alkanes) is 1. The van der Waals surface area contributed by atoms with Crippen LogP contribution in [0.3, 0.4) is 0 Å². The third-order valence-corrected chi connectivity index (χ3v) is 5.37. The number of hydrogen-bond acceptors (Lipinski definition) is 7. The standard InChI is InChI=1S/C26H35N3O6/c1-19(34-17-20-11-5-3-6-12-20)23(27)24(30)29-22(25(31)33-2)15-9-10-16-28-26(32)35-18-21-13-7-4-8-14-21/h3-8,11-14,19,22-23H,9-10,15-18,27H2,1-2H3,(H,28,32)(H,29,30)/t19-,22+,23+/m1/s1. The van der Waals surface area contributed by atoms with E-state index < -0.39 is 36.2 Å². The molecule has 0 aromatic heterocycles. The fraction of sp³-hybridized carbons (Fsp3) is 0.423. The molecule has 2 aromatic rings. The molecule has 0 fully saturated rings. The molecule has 0 saturated heterocycles. The van der Waals surface area contributed by atoms with Crippen molar-refractivity contribution in [3.8, 4) is 0 Å². The lowest BCUT2D eigenvalue weighted by Crippen LogP contribution is -2.53. The Hall–Kier alpha value is -3.43. The van der Waals surface area contributed by atoms with Gasteiger partial charge >= 0.3 is 12.1 Å². The van der Waals surface area contributed by atoms with Crippen molar-refractivity contribution in [2.45, 2.75) is 57.6 Å². The molecule has 9 heteroatoms. The average molecular weight is 486 g/mol. The van der Waals surface area contributed by atoms with Gasteiger partial charge in [-0.1, -0.05) is 60.7 Å². The normalized spacial score (nSPS) is 13.2. The maximum absolute atomic E-state index is 12.6. The Morgan fingerprint density at radius 1 is 0.914 bits per heavy atom. The average Bonchev–Trinajstić information content (AvgIpc) is 2.89. The predicted octanol–water partition coefficient (Wildman–Crippen LogP) is 2.67. The molecular formula is C26H35N3O6. The first-order valence-corrected chi connectivity index (χ1v) is 11.6. The molecule has 0 aliphatic carbocycles. The van der Waals surface area contributed by atoms with E-state index in [1.54, 1.807) is 6.92 Å². The summed E-state index contributed by atoms with van der Waals surface area (Å²) in [5, 5.41) is 5.32. The molecule has 0 radical (unpaired) electrons. The largest absolute Gasteiger partial charge is 0.467 e. The van der Waals surface area contributed by atoms with Crippen LogP contribution in [-0.2, 0) is 37.0 Å². The van der Waals surface area contributed by atoms with E-state index in [4.69, 9.17) is 19.9 Å². The molecule has 0 spiro atoms. The molecule has 2 aromatic carbocycles. The van der Waals surface area contributed by atoms with Crippen LogP contribution in [0.25, 0.3) is 0 Å². The third-order valence-electron chi connectivity index (χ3n) is 5.37. The van der Waals surface area contributed by atoms with Crippen LogP contribution < -0.4 is 16.4 Å². The molecule has 0 saturated carbocycles. The number of alkyl carbamates (subject to hydrolysis) is 1. The summed E-state index contributed by atoms with van der Waals surface area (Å²) in [7, 11) is 1.26. The van der Waals surface area contributed by atoms with Crippen LogP contribution in [0.5, 0.6) is 0 Å². The maximum atomic E-state index is 12.6. The Labute approximate surface area is 206 Å². The highest BCUT2D eigenvalue weighted by Gasteiger charge is 2.27. The number of ether oxygens (including phenoxy) is 3. The zero-order valence-electron chi connectivity index (χ0n) is 20.3. The monoisotopic (exact) mass is 485 g/mol. The molecule has 35 heavy (non-hydrogen) atoms. The molecule has 0 aliphatic rings. The van der Waals surface area contributed by atoms with Crippen LogP contribution in [0.4, 0.5) is 4.79 Å². The van der Waals surface area contributed by atoms with Gasteiger partial charge < -0.3 is 30.6 Å². The minimum absolute atomic E-state index is 0.191. The highest BCUT2D eigenvalue weighted by Crippen LogP contribution is 2.08. The number of esters is 1. The van der Waals surface area contributed by atoms with Gasteiger partial charge in [-0.25, -0.2) is 9.59 Å². The second-order valence-electron chi connectivity index (χ2n) is 8.10. The summed E-state index contributed by atoms with van der Waals surface area (Å²) < 4.78 is 15.7. The predicted molar refractivity (Wildman–Crippen MR) is 131 cm³/mol. The quantitative estimate of drug-likeness (QED) is 0.277. The van der Waals surface area contributed by atoms with Crippen LogP contribution in [0, 0.1) is 0 Å². The van der Waals surface area contributed by atoms with Crippen molar-refractivity contribution in [1.82, 2.24) is 10.6 Å². The van der Waals surface area contributed by atoms with Crippen LogP contribution >= 0.6 is 0 Å². The molecule has 9 nitrogen and oxygen atoms in total. The minimum atomic E-state index is -0.952. The van der Waals surface area contributed by atoms with Gasteiger partial charge in [0, 0.05) is 6.54 Å². The van der Waals surface area contributed by atoms with Crippen molar-refractivity contribution in [3.63, 3.8) is 0 Å². The first-order chi connectivity index (χ1) is 16.9. The lowest BCUT2D eigenvalue weighted by molar-refractivity contribution is -0.146. The Balaban J connectivity index is 1.69. The van der Waals surface area contributed by atoms with Crippen molar-refractivity contribution in [2.24, 2.45) is 5.73 Å². The Morgan fingerprint density at radius 3 is 2.11 bits per heavy atom. The van der Waals surface area contributed by atoms with E-state index in [2.05, 4.69) is 10.6 Å². The summed E-state index contributed by atoms with van der Waals surface area (Å²) in [6.07, 6.45) is 0.424. The number of benzene rings is 2. The van der Waals surface area contributed by atoms with Crippen LogP contribution in [0.15, 0.2) is 60.7 Å². The molecular weight excluding hydrogens is 450 g/mol. The Morgan fingerprint density at radius 2 is 1.51 bits per heavy atom. The molecule has 0 aliphatic heterocycles.